The van der Waals surface area contributed by atoms with Crippen LogP contribution in [0.15, 0.2) is 23.1 Å². The highest BCUT2D eigenvalue weighted by atomic mass is 32.2. The molecule has 0 radical (unpaired) electrons. The van der Waals surface area contributed by atoms with Crippen LogP contribution in [0, 0.1) is 10.1 Å². The molecule has 1 heterocycles. The van der Waals surface area contributed by atoms with Gasteiger partial charge in [0.05, 0.1) is 15.4 Å². The number of nitro benzene ring substituents is 1. The Morgan fingerprint density at radius 2 is 1.88 bits per heavy atom. The number of sulfonamides is 1. The van der Waals surface area contributed by atoms with E-state index in [0.717, 1.165) is 10.4 Å². The number of nitro groups is 1. The zero-order chi connectivity index (χ0) is 18.1. The number of nitrogens with one attached hydrogen (secondary N) is 1. The van der Waals surface area contributed by atoms with E-state index in [9.17, 15) is 31.7 Å². The average molecular weight is 367 g/mol. The van der Waals surface area contributed by atoms with Crippen LogP contribution < -0.4 is 5.32 Å². The molecular weight excluding hydrogens is 351 g/mol. The molecule has 2 rings (SSSR count). The van der Waals surface area contributed by atoms with Crippen LogP contribution in [-0.2, 0) is 16.2 Å². The molecule has 1 aliphatic rings. The lowest BCUT2D eigenvalue weighted by Crippen LogP contribution is -2.44. The molecule has 7 nitrogen and oxygen atoms in total. The van der Waals surface area contributed by atoms with Gasteiger partial charge in [0, 0.05) is 31.3 Å². The molecule has 0 saturated carbocycles. The molecule has 0 bridgehead atoms. The van der Waals surface area contributed by atoms with E-state index in [1.165, 1.54) is 0 Å². The highest BCUT2D eigenvalue weighted by molar-refractivity contribution is 7.89. The van der Waals surface area contributed by atoms with Crippen molar-refractivity contribution >= 4 is 15.7 Å². The fourth-order valence-corrected chi connectivity index (χ4v) is 4.26. The van der Waals surface area contributed by atoms with Crippen LogP contribution in [0.2, 0.25) is 0 Å². The maximum atomic E-state index is 13.2. The Balaban J connectivity index is 2.45. The summed E-state index contributed by atoms with van der Waals surface area (Å²) in [6.07, 6.45) is -4.06. The predicted molar refractivity (Wildman–Crippen MR) is 78.9 cm³/mol. The summed E-state index contributed by atoms with van der Waals surface area (Å²) >= 11 is 0. The Kier molecular flexibility index (Phi) is 5.16. The SMILES string of the molecule is CNC1CCN(S(=O)(=O)c2ccc([N+](=O)[O-])cc2C(F)(F)F)CC1. The van der Waals surface area contributed by atoms with Crippen LogP contribution in [0.1, 0.15) is 18.4 Å². The normalized spacial score (nSPS) is 17.8. The van der Waals surface area contributed by atoms with Crippen molar-refractivity contribution in [2.24, 2.45) is 0 Å². The summed E-state index contributed by atoms with van der Waals surface area (Å²) in [5.41, 5.74) is -2.33. The second kappa shape index (κ2) is 6.65. The van der Waals surface area contributed by atoms with Gasteiger partial charge in [0.1, 0.15) is 0 Å². The summed E-state index contributed by atoms with van der Waals surface area (Å²) in [5.74, 6) is 0. The van der Waals surface area contributed by atoms with E-state index in [1.807, 2.05) is 0 Å². The lowest BCUT2D eigenvalue weighted by molar-refractivity contribution is -0.385. The number of nitrogens with zero attached hydrogens (tertiary/aromatic N) is 2. The molecule has 134 valence electrons. The minimum absolute atomic E-state index is 0.0854. The van der Waals surface area contributed by atoms with E-state index >= 15 is 0 Å². The first-order valence-corrected chi connectivity index (χ1v) is 8.54. The zero-order valence-corrected chi connectivity index (χ0v) is 13.5. The average Bonchev–Trinajstić information content (AvgIpc) is 2.53. The van der Waals surface area contributed by atoms with Crippen molar-refractivity contribution in [3.63, 3.8) is 0 Å². The minimum Gasteiger partial charge on any atom is -0.317 e. The summed E-state index contributed by atoms with van der Waals surface area (Å²) in [7, 11) is -2.66. The summed E-state index contributed by atoms with van der Waals surface area (Å²) < 4.78 is 65.7. The van der Waals surface area contributed by atoms with Crippen molar-refractivity contribution in [1.29, 1.82) is 0 Å². The molecule has 0 amide bonds. The van der Waals surface area contributed by atoms with Crippen molar-refractivity contribution in [3.05, 3.63) is 33.9 Å². The third kappa shape index (κ3) is 3.68. The van der Waals surface area contributed by atoms with Crippen molar-refractivity contribution in [2.75, 3.05) is 20.1 Å². The quantitative estimate of drug-likeness (QED) is 0.649. The highest BCUT2D eigenvalue weighted by Crippen LogP contribution is 2.37. The largest absolute Gasteiger partial charge is 0.417 e. The molecule has 24 heavy (non-hydrogen) atoms. The topological polar surface area (TPSA) is 92.6 Å². The number of halogens is 3. The summed E-state index contributed by atoms with van der Waals surface area (Å²) in [6.45, 7) is 0.171. The van der Waals surface area contributed by atoms with Gasteiger partial charge in [-0.05, 0) is 26.0 Å². The number of benzene rings is 1. The second-order valence-corrected chi connectivity index (χ2v) is 7.31. The number of rotatable bonds is 4. The molecule has 1 saturated heterocycles. The molecule has 0 aromatic heterocycles. The smallest absolute Gasteiger partial charge is 0.317 e. The van der Waals surface area contributed by atoms with Crippen LogP contribution in [0.3, 0.4) is 0 Å². The standard InChI is InChI=1S/C13H16F3N3O4S/c1-17-9-4-6-18(7-5-9)24(22,23)12-3-2-10(19(20)21)8-11(12)13(14,15)16/h2-3,8-9,17H,4-7H2,1H3. The molecule has 1 aliphatic heterocycles. The summed E-state index contributed by atoms with van der Waals surface area (Å²) in [6, 6.07) is 1.78. The van der Waals surface area contributed by atoms with Gasteiger partial charge in [0.15, 0.2) is 0 Å². The molecule has 0 unspecified atom stereocenters. The van der Waals surface area contributed by atoms with Gasteiger partial charge in [0.2, 0.25) is 10.0 Å². The third-order valence-corrected chi connectivity index (χ3v) is 5.92. The van der Waals surface area contributed by atoms with Crippen LogP contribution >= 0.6 is 0 Å². The van der Waals surface area contributed by atoms with Gasteiger partial charge < -0.3 is 5.32 Å². The van der Waals surface area contributed by atoms with E-state index in [-0.39, 0.29) is 25.2 Å². The Labute approximate surface area is 136 Å². The lowest BCUT2D eigenvalue weighted by Gasteiger charge is -2.31. The third-order valence-electron chi connectivity index (χ3n) is 3.96. The Bertz CT molecular complexity index is 728. The first-order valence-electron chi connectivity index (χ1n) is 7.10. The lowest BCUT2D eigenvalue weighted by atomic mass is 10.1. The van der Waals surface area contributed by atoms with Crippen molar-refractivity contribution < 1.29 is 26.5 Å². The van der Waals surface area contributed by atoms with Crippen molar-refractivity contribution in [2.45, 2.75) is 30.0 Å². The predicted octanol–water partition coefficient (Wildman–Crippen LogP) is 1.99. The molecule has 0 spiro atoms. The maximum Gasteiger partial charge on any atom is 0.417 e. The minimum atomic E-state index is -5.02. The second-order valence-electron chi connectivity index (χ2n) is 5.40. The Morgan fingerprint density at radius 1 is 1.29 bits per heavy atom. The number of alkyl halides is 3. The van der Waals surface area contributed by atoms with Crippen LogP contribution in [0.5, 0.6) is 0 Å². The zero-order valence-electron chi connectivity index (χ0n) is 12.7. The van der Waals surface area contributed by atoms with E-state index in [0.29, 0.717) is 18.9 Å². The van der Waals surface area contributed by atoms with Gasteiger partial charge >= 0.3 is 6.18 Å². The van der Waals surface area contributed by atoms with Crippen LogP contribution in [0.4, 0.5) is 18.9 Å². The van der Waals surface area contributed by atoms with E-state index in [1.54, 1.807) is 7.05 Å². The van der Waals surface area contributed by atoms with Gasteiger partial charge in [-0.2, -0.15) is 17.5 Å². The Morgan fingerprint density at radius 3 is 2.33 bits per heavy atom. The highest BCUT2D eigenvalue weighted by Gasteiger charge is 2.41. The van der Waals surface area contributed by atoms with Crippen LogP contribution in [0.25, 0.3) is 0 Å². The number of hydrogen-bond donors (Lipinski definition) is 1. The summed E-state index contributed by atoms with van der Waals surface area (Å²) in [5, 5.41) is 13.7. The maximum absolute atomic E-state index is 13.2. The molecule has 0 aliphatic carbocycles. The van der Waals surface area contributed by atoms with E-state index in [4.69, 9.17) is 0 Å². The first kappa shape index (κ1) is 18.6. The molecule has 1 fully saturated rings. The van der Waals surface area contributed by atoms with Crippen LogP contribution in [-0.4, -0.2) is 43.8 Å². The summed E-state index contributed by atoms with van der Waals surface area (Å²) in [4.78, 5) is 8.73. The molecular formula is C13H16F3N3O4S. The monoisotopic (exact) mass is 367 g/mol. The molecule has 0 atom stereocenters. The Hall–Kier alpha value is -1.72. The molecule has 11 heteroatoms. The first-order chi connectivity index (χ1) is 11.1. The van der Waals surface area contributed by atoms with Gasteiger partial charge in [-0.25, -0.2) is 8.42 Å². The molecule has 1 N–H and O–H groups in total. The van der Waals surface area contributed by atoms with Gasteiger partial charge in [-0.15, -0.1) is 0 Å². The van der Waals surface area contributed by atoms with E-state index in [2.05, 4.69) is 5.32 Å². The fourth-order valence-electron chi connectivity index (χ4n) is 2.60. The van der Waals surface area contributed by atoms with Crippen molar-refractivity contribution in [1.82, 2.24) is 9.62 Å². The van der Waals surface area contributed by atoms with Gasteiger partial charge in [-0.3, -0.25) is 10.1 Å². The number of non-ortho nitro benzene ring substituents is 1. The van der Waals surface area contributed by atoms with Crippen molar-refractivity contribution in [3.8, 4) is 0 Å². The fraction of sp³-hybridized carbons (Fsp3) is 0.538. The number of piperidine rings is 1. The molecule has 1 aromatic carbocycles. The molecule has 1 aromatic rings. The van der Waals surface area contributed by atoms with Gasteiger partial charge in [0.25, 0.3) is 5.69 Å². The van der Waals surface area contributed by atoms with E-state index < -0.39 is 37.3 Å². The number of hydrogen-bond acceptors (Lipinski definition) is 5. The van der Waals surface area contributed by atoms with Gasteiger partial charge in [-0.1, -0.05) is 0 Å².